The fraction of sp³-hybridized carbons (Fsp3) is 0.895. The minimum atomic E-state index is -4.96. The summed E-state index contributed by atoms with van der Waals surface area (Å²) >= 11 is 0. The van der Waals surface area contributed by atoms with E-state index in [4.69, 9.17) is 37.0 Å². The maximum absolute atomic E-state index is 13.1. The van der Waals surface area contributed by atoms with Gasteiger partial charge in [0.05, 0.1) is 26.4 Å². The minimum Gasteiger partial charge on any atom is -0.462 e. The van der Waals surface area contributed by atoms with Gasteiger partial charge in [0.1, 0.15) is 19.3 Å². The van der Waals surface area contributed by atoms with Crippen molar-refractivity contribution in [2.75, 3.05) is 39.6 Å². The van der Waals surface area contributed by atoms with Gasteiger partial charge in [0.2, 0.25) is 0 Å². The number of unbranched alkanes of at least 4 members (excludes halogenated alkanes) is 37. The first-order valence-corrected chi connectivity index (χ1v) is 41.7. The molecule has 0 radical (unpaired) electrons. The molecule has 0 aliphatic carbocycles. The number of carbonyl (C=O) groups excluding carboxylic acids is 4. The molecule has 0 amide bonds. The molecule has 17 nitrogen and oxygen atoms in total. The van der Waals surface area contributed by atoms with Gasteiger partial charge in [0, 0.05) is 25.7 Å². The average molecular weight is 1390 g/mol. The van der Waals surface area contributed by atoms with Crippen molar-refractivity contribution in [2.45, 2.75) is 381 Å². The van der Waals surface area contributed by atoms with E-state index in [2.05, 4.69) is 72.8 Å². The Morgan fingerprint density at radius 1 is 0.326 bits per heavy atom. The van der Waals surface area contributed by atoms with E-state index in [1.54, 1.807) is 0 Å². The molecule has 0 heterocycles. The number of hydrogen-bond acceptors (Lipinski definition) is 15. The number of rotatable bonds is 72. The van der Waals surface area contributed by atoms with Crippen LogP contribution in [0, 0.1) is 17.8 Å². The zero-order valence-electron chi connectivity index (χ0n) is 61.6. The number of hydrogen-bond donors (Lipinski definition) is 3. The molecule has 19 heteroatoms. The SMILES string of the molecule is CCCCCC/C=C\C=C/CCCCCCCC(=O)OC[C@H](COP(=O)(O)OCC(O)COP(=O)(O)OC[C@@H](COC(=O)CCCCCCCCCC(C)C)OC(=O)CCCCCCCCCCCCCCCCCCCCC(C)C)OC(=O)CCCCCCCCC(C)C. The highest BCUT2D eigenvalue weighted by Gasteiger charge is 2.30. The van der Waals surface area contributed by atoms with Crippen molar-refractivity contribution in [3.8, 4) is 0 Å². The lowest BCUT2D eigenvalue weighted by atomic mass is 10.0. The Balaban J connectivity index is 5.17. The summed E-state index contributed by atoms with van der Waals surface area (Å²) in [4.78, 5) is 72.6. The predicted octanol–water partition coefficient (Wildman–Crippen LogP) is 21.7. The van der Waals surface area contributed by atoms with Gasteiger partial charge < -0.3 is 33.8 Å². The first-order chi connectivity index (χ1) is 45.7. The summed E-state index contributed by atoms with van der Waals surface area (Å²) in [6.07, 6.45) is 55.4. The van der Waals surface area contributed by atoms with Gasteiger partial charge in [-0.25, -0.2) is 9.13 Å². The normalized spacial score (nSPS) is 14.2. The van der Waals surface area contributed by atoms with Crippen LogP contribution in [0.5, 0.6) is 0 Å². The molecule has 0 aromatic rings. The maximum atomic E-state index is 13.1. The van der Waals surface area contributed by atoms with Crippen molar-refractivity contribution in [3.63, 3.8) is 0 Å². The Kier molecular flexibility index (Phi) is 64.4. The van der Waals surface area contributed by atoms with Crippen molar-refractivity contribution < 1.29 is 80.2 Å². The van der Waals surface area contributed by atoms with E-state index in [-0.39, 0.29) is 25.7 Å². The maximum Gasteiger partial charge on any atom is 0.472 e. The Bertz CT molecular complexity index is 1950. The summed E-state index contributed by atoms with van der Waals surface area (Å²) in [7, 11) is -9.92. The standard InChI is InChI=1S/C76H144O17P2/c1-8-9-10-11-12-13-14-15-20-24-27-30-35-43-50-57-73(78)86-64-72(93-76(81)60-53-46-39-38-42-49-56-69(6)7)66-91-95(84,85)89-62-70(77)61-88-94(82,83)90-65-71(63-87-74(79)58-51-44-37-32-34-41-48-55-68(4)5)92-75(80)59-52-45-36-31-28-25-22-19-17-16-18-21-23-26-29-33-40-47-54-67(2)3/h13-15,20,67-72,77H,8-12,16-19,21-66H2,1-7H3,(H,82,83)(H,84,85)/b14-13-,20-15-/t70?,71-,72-/m1/s1. The summed E-state index contributed by atoms with van der Waals surface area (Å²) in [5.41, 5.74) is 0. The van der Waals surface area contributed by atoms with Crippen LogP contribution < -0.4 is 0 Å². The second kappa shape index (κ2) is 66.1. The Morgan fingerprint density at radius 2 is 0.568 bits per heavy atom. The number of carbonyl (C=O) groups is 4. The number of ether oxygens (including phenoxy) is 4. The number of allylic oxidation sites excluding steroid dienone is 4. The molecule has 560 valence electrons. The van der Waals surface area contributed by atoms with E-state index in [1.807, 2.05) is 0 Å². The molecular formula is C76H144O17P2. The number of phosphoric acid groups is 2. The lowest BCUT2D eigenvalue weighted by molar-refractivity contribution is -0.161. The zero-order valence-corrected chi connectivity index (χ0v) is 63.4. The second-order valence-electron chi connectivity index (χ2n) is 28.1. The lowest BCUT2D eigenvalue weighted by Gasteiger charge is -2.21. The van der Waals surface area contributed by atoms with Crippen molar-refractivity contribution in [1.29, 1.82) is 0 Å². The monoisotopic (exact) mass is 1390 g/mol. The van der Waals surface area contributed by atoms with Gasteiger partial charge in [-0.15, -0.1) is 0 Å². The Labute approximate surface area is 580 Å². The minimum absolute atomic E-state index is 0.0950. The molecule has 0 spiro atoms. The Morgan fingerprint density at radius 3 is 0.853 bits per heavy atom. The Hall–Kier alpha value is -2.46. The smallest absolute Gasteiger partial charge is 0.462 e. The molecule has 0 fully saturated rings. The van der Waals surface area contributed by atoms with Gasteiger partial charge >= 0.3 is 39.5 Å². The number of esters is 4. The first-order valence-electron chi connectivity index (χ1n) is 38.7. The van der Waals surface area contributed by atoms with Crippen LogP contribution in [-0.4, -0.2) is 96.7 Å². The van der Waals surface area contributed by atoms with E-state index in [1.165, 1.54) is 148 Å². The van der Waals surface area contributed by atoms with Gasteiger partial charge in [0.15, 0.2) is 12.2 Å². The van der Waals surface area contributed by atoms with E-state index >= 15 is 0 Å². The van der Waals surface area contributed by atoms with Crippen LogP contribution in [0.1, 0.15) is 363 Å². The summed E-state index contributed by atoms with van der Waals surface area (Å²) < 4.78 is 68.4. The van der Waals surface area contributed by atoms with Crippen LogP contribution in [-0.2, 0) is 65.4 Å². The predicted molar refractivity (Wildman–Crippen MR) is 386 cm³/mol. The molecule has 5 atom stereocenters. The van der Waals surface area contributed by atoms with E-state index in [0.29, 0.717) is 37.5 Å². The van der Waals surface area contributed by atoms with Crippen molar-refractivity contribution in [3.05, 3.63) is 24.3 Å². The van der Waals surface area contributed by atoms with Crippen molar-refractivity contribution in [2.24, 2.45) is 17.8 Å². The van der Waals surface area contributed by atoms with E-state index in [9.17, 15) is 43.2 Å². The molecule has 0 aromatic carbocycles. The van der Waals surface area contributed by atoms with Crippen molar-refractivity contribution in [1.82, 2.24) is 0 Å². The van der Waals surface area contributed by atoms with Gasteiger partial charge in [-0.3, -0.25) is 37.3 Å². The molecule has 0 aromatic heterocycles. The van der Waals surface area contributed by atoms with E-state index in [0.717, 1.165) is 121 Å². The molecule has 0 aliphatic heterocycles. The van der Waals surface area contributed by atoms with Gasteiger partial charge in [-0.2, -0.15) is 0 Å². The molecule has 3 unspecified atom stereocenters. The largest absolute Gasteiger partial charge is 0.472 e. The quantitative estimate of drug-likeness (QED) is 0.0169. The number of phosphoric ester groups is 2. The van der Waals surface area contributed by atoms with Gasteiger partial charge in [-0.05, 0) is 69.1 Å². The molecular weight excluding hydrogens is 1250 g/mol. The third-order valence-electron chi connectivity index (χ3n) is 17.0. The number of aliphatic hydroxyl groups excluding tert-OH is 1. The average Bonchev–Trinajstić information content (AvgIpc) is 2.73. The lowest BCUT2D eigenvalue weighted by Crippen LogP contribution is -2.30. The molecule has 0 saturated carbocycles. The molecule has 95 heavy (non-hydrogen) atoms. The zero-order chi connectivity index (χ0) is 70.1. The number of aliphatic hydroxyl groups is 1. The summed E-state index contributed by atoms with van der Waals surface area (Å²) in [5, 5.41) is 10.6. The first kappa shape index (κ1) is 92.5. The summed E-state index contributed by atoms with van der Waals surface area (Å²) in [5.74, 6) is 0.0328. The molecule has 0 aliphatic rings. The van der Waals surface area contributed by atoms with Crippen LogP contribution >= 0.6 is 15.6 Å². The van der Waals surface area contributed by atoms with Gasteiger partial charge in [-0.1, -0.05) is 310 Å². The highest BCUT2D eigenvalue weighted by molar-refractivity contribution is 7.47. The fourth-order valence-electron chi connectivity index (χ4n) is 11.1. The molecule has 0 bridgehead atoms. The van der Waals surface area contributed by atoms with E-state index < -0.39 is 97.5 Å². The fourth-order valence-corrected chi connectivity index (χ4v) is 12.6. The highest BCUT2D eigenvalue weighted by atomic mass is 31.2. The molecule has 3 N–H and O–H groups in total. The summed E-state index contributed by atoms with van der Waals surface area (Å²) in [6, 6.07) is 0. The molecule has 0 saturated heterocycles. The highest BCUT2D eigenvalue weighted by Crippen LogP contribution is 2.45. The van der Waals surface area contributed by atoms with Crippen LogP contribution in [0.2, 0.25) is 0 Å². The van der Waals surface area contributed by atoms with Crippen LogP contribution in [0.4, 0.5) is 0 Å². The topological polar surface area (TPSA) is 237 Å². The van der Waals surface area contributed by atoms with Gasteiger partial charge in [0.25, 0.3) is 0 Å². The van der Waals surface area contributed by atoms with Crippen molar-refractivity contribution >= 4 is 39.5 Å². The van der Waals surface area contributed by atoms with Crippen LogP contribution in [0.3, 0.4) is 0 Å². The van der Waals surface area contributed by atoms with Crippen LogP contribution in [0.15, 0.2) is 24.3 Å². The summed E-state index contributed by atoms with van der Waals surface area (Å²) in [6.45, 7) is 11.7. The molecule has 0 rings (SSSR count). The third-order valence-corrected chi connectivity index (χ3v) is 18.9. The third kappa shape index (κ3) is 69.8. The second-order valence-corrected chi connectivity index (χ2v) is 31.0. The van der Waals surface area contributed by atoms with Crippen LogP contribution in [0.25, 0.3) is 0 Å².